The lowest BCUT2D eigenvalue weighted by molar-refractivity contribution is -0.0346. The molecule has 110 valence electrons. The van der Waals surface area contributed by atoms with Gasteiger partial charge in [0.25, 0.3) is 0 Å². The molecule has 1 unspecified atom stereocenters. The van der Waals surface area contributed by atoms with E-state index in [0.717, 1.165) is 0 Å². The van der Waals surface area contributed by atoms with Gasteiger partial charge in [0.1, 0.15) is 11.8 Å². The Morgan fingerprint density at radius 3 is 2.95 bits per heavy atom. The molecule has 10 nitrogen and oxygen atoms in total. The smallest absolute Gasteiger partial charge is 0.382 e. The average molecular weight is 303 g/mol. The highest BCUT2D eigenvalue weighted by Gasteiger charge is 2.14. The van der Waals surface area contributed by atoms with Crippen molar-refractivity contribution < 1.29 is 18.7 Å². The van der Waals surface area contributed by atoms with E-state index < -0.39 is 8.25 Å². The van der Waals surface area contributed by atoms with Crippen molar-refractivity contribution in [2.75, 3.05) is 12.5 Å². The van der Waals surface area contributed by atoms with Gasteiger partial charge < -0.3 is 21.2 Å². The summed E-state index contributed by atoms with van der Waals surface area (Å²) in [5.41, 5.74) is 6.82. The van der Waals surface area contributed by atoms with Crippen LogP contribution in [0.15, 0.2) is 12.7 Å². The minimum Gasteiger partial charge on any atom is -0.382 e. The molecule has 0 bridgehead atoms. The van der Waals surface area contributed by atoms with Crippen LogP contribution in [-0.4, -0.2) is 37.3 Å². The van der Waals surface area contributed by atoms with Crippen molar-refractivity contribution in [2.45, 2.75) is 19.6 Å². The Morgan fingerprint density at radius 1 is 1.50 bits per heavy atom. The number of rotatable bonds is 6. The summed E-state index contributed by atoms with van der Waals surface area (Å²) in [6.07, 6.45) is 2.70. The van der Waals surface area contributed by atoms with Gasteiger partial charge in [-0.1, -0.05) is 4.52 Å². The fraction of sp³-hybridized carbons (Fsp3) is 0.444. The van der Waals surface area contributed by atoms with Crippen molar-refractivity contribution in [2.24, 2.45) is 0 Å². The fourth-order valence-corrected chi connectivity index (χ4v) is 1.70. The molecule has 0 aromatic carbocycles. The minimum absolute atomic E-state index is 0. The summed E-state index contributed by atoms with van der Waals surface area (Å²) in [7, 11) is -2.65. The van der Waals surface area contributed by atoms with Crippen LogP contribution in [-0.2, 0) is 20.4 Å². The number of nitrogens with two attached hydrogens (primary N) is 1. The van der Waals surface area contributed by atoms with E-state index in [1.54, 1.807) is 17.8 Å². The van der Waals surface area contributed by atoms with Crippen LogP contribution in [0.2, 0.25) is 0 Å². The van der Waals surface area contributed by atoms with Crippen LogP contribution in [0.4, 0.5) is 5.82 Å². The molecule has 11 heteroatoms. The van der Waals surface area contributed by atoms with E-state index >= 15 is 0 Å². The van der Waals surface area contributed by atoms with Gasteiger partial charge in [-0.3, -0.25) is 0 Å². The first-order valence-corrected chi connectivity index (χ1v) is 6.53. The van der Waals surface area contributed by atoms with E-state index in [1.165, 1.54) is 6.33 Å². The van der Waals surface area contributed by atoms with Crippen LogP contribution < -0.4 is 11.9 Å². The fourth-order valence-electron chi connectivity index (χ4n) is 1.55. The van der Waals surface area contributed by atoms with E-state index in [-0.39, 0.29) is 19.0 Å². The zero-order valence-electron chi connectivity index (χ0n) is 10.8. The van der Waals surface area contributed by atoms with Crippen LogP contribution in [0.5, 0.6) is 0 Å². The second-order valence-electron chi connectivity index (χ2n) is 3.79. The maximum absolute atomic E-state index is 10.3. The number of hydrogen-bond donors (Lipinski definition) is 3. The maximum Gasteiger partial charge on any atom is 0.697 e. The second kappa shape index (κ2) is 7.17. The van der Waals surface area contributed by atoms with Gasteiger partial charge in [-0.2, -0.15) is 0 Å². The van der Waals surface area contributed by atoms with E-state index in [4.69, 9.17) is 15.4 Å². The molecule has 0 amide bonds. The van der Waals surface area contributed by atoms with Gasteiger partial charge in [0.2, 0.25) is 6.79 Å². The molecule has 0 fully saturated rings. The third-order valence-electron chi connectivity index (χ3n) is 2.40. The lowest BCUT2D eigenvalue weighted by Gasteiger charge is -2.11. The monoisotopic (exact) mass is 303 g/mol. The predicted molar refractivity (Wildman–Crippen MR) is 71.1 cm³/mol. The van der Waals surface area contributed by atoms with Crippen LogP contribution in [0.1, 0.15) is 6.92 Å². The SMILES string of the molecule is C[C@H](Cn1cnc2c(N)ncnc21)OCO[P+](=O)O.N. The quantitative estimate of drug-likeness (QED) is 0.512. The number of nitrogens with zero attached hydrogens (tertiary/aromatic N) is 4. The Bertz CT molecular complexity index is 591. The molecule has 0 aliphatic heterocycles. The molecule has 2 heterocycles. The third-order valence-corrected chi connectivity index (χ3v) is 2.73. The molecule has 2 aromatic heterocycles. The number of hydrogen-bond acceptors (Lipinski definition) is 8. The van der Waals surface area contributed by atoms with Crippen LogP contribution in [0.3, 0.4) is 0 Å². The normalized spacial score (nSPS) is 13.0. The Hall–Kier alpha value is -1.71. The minimum atomic E-state index is -2.65. The summed E-state index contributed by atoms with van der Waals surface area (Å²) in [6.45, 7) is 2.00. The highest BCUT2D eigenvalue weighted by molar-refractivity contribution is 7.32. The number of aromatic nitrogens is 4. The first-order valence-electron chi connectivity index (χ1n) is 5.40. The van der Waals surface area contributed by atoms with E-state index in [2.05, 4.69) is 19.5 Å². The predicted octanol–water partition coefficient (Wildman–Crippen LogP) is 0.599. The van der Waals surface area contributed by atoms with Gasteiger partial charge in [0.05, 0.1) is 19.0 Å². The van der Waals surface area contributed by atoms with E-state index in [1.807, 2.05) is 0 Å². The van der Waals surface area contributed by atoms with Crippen molar-refractivity contribution in [3.63, 3.8) is 0 Å². The number of imidazole rings is 1. The average Bonchev–Trinajstić information content (AvgIpc) is 2.73. The summed E-state index contributed by atoms with van der Waals surface area (Å²) in [5, 5.41) is 0. The molecule has 0 saturated heterocycles. The van der Waals surface area contributed by atoms with Gasteiger partial charge in [-0.15, -0.1) is 4.89 Å². The summed E-state index contributed by atoms with van der Waals surface area (Å²) in [5.74, 6) is 0.318. The van der Waals surface area contributed by atoms with Crippen molar-refractivity contribution in [1.82, 2.24) is 25.7 Å². The van der Waals surface area contributed by atoms with Gasteiger partial charge in [0.15, 0.2) is 11.5 Å². The Labute approximate surface area is 115 Å². The number of anilines is 1. The maximum atomic E-state index is 10.3. The molecular formula is C9H16N6O4P+. The lowest BCUT2D eigenvalue weighted by Crippen LogP contribution is -2.17. The van der Waals surface area contributed by atoms with E-state index in [0.29, 0.717) is 23.5 Å². The van der Waals surface area contributed by atoms with Crippen LogP contribution in [0.25, 0.3) is 11.2 Å². The summed E-state index contributed by atoms with van der Waals surface area (Å²) < 4.78 is 21.7. The molecule has 20 heavy (non-hydrogen) atoms. The first kappa shape index (κ1) is 16.3. The standard InChI is InChI=1S/C9H12N5O4P.H3N/c1-6(17-5-18-19(15)16)2-14-4-13-7-8(10)11-3-12-9(7)14;/h3-4,6H,2,5H2,1H3,(H2-,10,11,12,15,16);1H3/p+1/t6-;/m1./s1. The molecule has 0 spiro atoms. The van der Waals surface area contributed by atoms with Crippen molar-refractivity contribution in [3.05, 3.63) is 12.7 Å². The summed E-state index contributed by atoms with van der Waals surface area (Å²) >= 11 is 0. The Kier molecular flexibility index (Phi) is 5.86. The highest BCUT2D eigenvalue weighted by atomic mass is 31.1. The molecule has 0 radical (unpaired) electrons. The Balaban J connectivity index is 0.00000200. The lowest BCUT2D eigenvalue weighted by atomic mass is 10.4. The van der Waals surface area contributed by atoms with E-state index in [9.17, 15) is 4.57 Å². The Morgan fingerprint density at radius 2 is 2.25 bits per heavy atom. The topological polar surface area (TPSA) is 160 Å². The van der Waals surface area contributed by atoms with Crippen molar-refractivity contribution >= 4 is 25.2 Å². The van der Waals surface area contributed by atoms with Crippen LogP contribution >= 0.6 is 8.25 Å². The number of fused-ring (bicyclic) bond motifs is 1. The van der Waals surface area contributed by atoms with Crippen molar-refractivity contribution in [1.29, 1.82) is 0 Å². The van der Waals surface area contributed by atoms with Gasteiger partial charge >= 0.3 is 8.25 Å². The second-order valence-corrected chi connectivity index (χ2v) is 4.52. The molecule has 2 atom stereocenters. The molecule has 2 aromatic rings. The number of ether oxygens (including phenoxy) is 1. The molecule has 2 rings (SSSR count). The van der Waals surface area contributed by atoms with Crippen LogP contribution in [0, 0.1) is 0 Å². The zero-order chi connectivity index (χ0) is 13.8. The third kappa shape index (κ3) is 3.89. The van der Waals surface area contributed by atoms with Gasteiger partial charge in [-0.25, -0.2) is 15.0 Å². The van der Waals surface area contributed by atoms with Crippen molar-refractivity contribution in [3.8, 4) is 0 Å². The highest BCUT2D eigenvalue weighted by Crippen LogP contribution is 2.16. The zero-order valence-corrected chi connectivity index (χ0v) is 11.7. The summed E-state index contributed by atoms with van der Waals surface area (Å²) in [6, 6.07) is 0. The molecule has 0 aliphatic carbocycles. The van der Waals surface area contributed by atoms with Gasteiger partial charge in [0, 0.05) is 4.57 Å². The molecule has 6 N–H and O–H groups in total. The molecule has 0 saturated carbocycles. The van der Waals surface area contributed by atoms with Gasteiger partial charge in [-0.05, 0) is 6.92 Å². The molecule has 0 aliphatic rings. The number of nitrogen functional groups attached to an aromatic ring is 1. The first-order chi connectivity index (χ1) is 9.08. The molecular weight excluding hydrogens is 287 g/mol. The summed E-state index contributed by atoms with van der Waals surface area (Å²) in [4.78, 5) is 20.5. The largest absolute Gasteiger partial charge is 0.697 e.